The molecule has 1 aliphatic rings. The van der Waals surface area contributed by atoms with Crippen LogP contribution in [0.1, 0.15) is 0 Å². The fourth-order valence-corrected chi connectivity index (χ4v) is 1.52. The minimum absolute atomic E-state index is 0.298. The van der Waals surface area contributed by atoms with Crippen LogP contribution in [0.5, 0.6) is 0 Å². The van der Waals surface area contributed by atoms with Crippen LogP contribution in [0, 0.1) is 0 Å². The van der Waals surface area contributed by atoms with Crippen LogP contribution in [0.4, 0.5) is 43.9 Å². The maximum Gasteiger partial charge on any atom is 0.416 e. The summed E-state index contributed by atoms with van der Waals surface area (Å²) < 4.78 is 127. The normalized spacial score (nSPS) is 26.2. The maximum absolute atomic E-state index is 13.2. The van der Waals surface area contributed by atoms with Crippen molar-refractivity contribution in [1.82, 2.24) is 4.90 Å². The number of hydrogen-bond donors (Lipinski definition) is 0. The van der Waals surface area contributed by atoms with Crippen molar-refractivity contribution in [2.45, 2.75) is 30.7 Å². The fourth-order valence-electron chi connectivity index (χ4n) is 1.52. The van der Waals surface area contributed by atoms with Crippen LogP contribution in [-0.2, 0) is 4.74 Å². The summed E-state index contributed by atoms with van der Waals surface area (Å²) in [6, 6.07) is 0. The van der Waals surface area contributed by atoms with Gasteiger partial charge in [-0.1, -0.05) is 0 Å². The first kappa shape index (κ1) is 17.9. The number of allylic oxidation sites excluding steroid dienone is 1. The van der Waals surface area contributed by atoms with Crippen molar-refractivity contribution < 1.29 is 48.6 Å². The van der Waals surface area contributed by atoms with E-state index in [0.29, 0.717) is 0 Å². The second-order valence-corrected chi connectivity index (χ2v) is 4.11. The SMILES string of the molecule is F/C(=C\C(F)(F)F)N1CC(C(F)(F)F)OC(C(F)(F)F)C1. The second kappa shape index (κ2) is 5.54. The first-order valence-electron chi connectivity index (χ1n) is 5.19. The molecule has 1 saturated heterocycles. The van der Waals surface area contributed by atoms with Gasteiger partial charge in [-0.05, 0) is 0 Å². The molecule has 1 heterocycles. The standard InChI is InChI=1S/C9H7F10NO/c10-6(1-7(11,12)13)20-2-4(8(14,15)16)21-5(3-20)9(17,18)19/h1,4-5H,2-3H2/b6-1+. The molecule has 0 aromatic heterocycles. The van der Waals surface area contributed by atoms with Crippen LogP contribution in [0.2, 0.25) is 0 Å². The zero-order chi connectivity index (χ0) is 16.6. The van der Waals surface area contributed by atoms with Crippen LogP contribution in [-0.4, -0.2) is 48.7 Å². The number of nitrogens with zero attached hydrogens (tertiary/aromatic N) is 1. The van der Waals surface area contributed by atoms with Crippen molar-refractivity contribution in [2.24, 2.45) is 0 Å². The van der Waals surface area contributed by atoms with Crippen molar-refractivity contribution in [3.63, 3.8) is 0 Å². The molecule has 0 saturated carbocycles. The Morgan fingerprint density at radius 3 is 1.52 bits per heavy atom. The van der Waals surface area contributed by atoms with E-state index in [1.807, 2.05) is 0 Å². The van der Waals surface area contributed by atoms with Gasteiger partial charge < -0.3 is 9.64 Å². The van der Waals surface area contributed by atoms with E-state index in [2.05, 4.69) is 4.74 Å². The minimum Gasteiger partial charge on any atom is -0.352 e. The third kappa shape index (κ3) is 5.25. The lowest BCUT2D eigenvalue weighted by Crippen LogP contribution is -2.56. The quantitative estimate of drug-likeness (QED) is 0.537. The van der Waals surface area contributed by atoms with E-state index in [4.69, 9.17) is 0 Å². The van der Waals surface area contributed by atoms with Crippen molar-refractivity contribution in [3.8, 4) is 0 Å². The lowest BCUT2D eigenvalue weighted by molar-refractivity contribution is -0.305. The lowest BCUT2D eigenvalue weighted by Gasteiger charge is -2.39. The van der Waals surface area contributed by atoms with Gasteiger partial charge in [-0.3, -0.25) is 0 Å². The molecule has 21 heavy (non-hydrogen) atoms. The van der Waals surface area contributed by atoms with E-state index in [0.717, 1.165) is 0 Å². The van der Waals surface area contributed by atoms with Crippen LogP contribution < -0.4 is 0 Å². The van der Waals surface area contributed by atoms with Gasteiger partial charge in [-0.15, -0.1) is 0 Å². The monoisotopic (exact) mass is 335 g/mol. The molecular formula is C9H7F10NO. The molecule has 0 aliphatic carbocycles. The summed E-state index contributed by atoms with van der Waals surface area (Å²) in [6.45, 7) is -3.01. The average Bonchev–Trinajstić information content (AvgIpc) is 2.23. The van der Waals surface area contributed by atoms with E-state index in [9.17, 15) is 43.9 Å². The molecule has 12 heteroatoms. The van der Waals surface area contributed by atoms with E-state index in [-0.39, 0.29) is 4.90 Å². The molecule has 2 nitrogen and oxygen atoms in total. The first-order valence-corrected chi connectivity index (χ1v) is 5.19. The molecule has 0 radical (unpaired) electrons. The highest BCUT2D eigenvalue weighted by Crippen LogP contribution is 2.35. The third-order valence-electron chi connectivity index (χ3n) is 2.42. The summed E-state index contributed by atoms with van der Waals surface area (Å²) in [5.41, 5.74) is 0. The molecular weight excluding hydrogens is 328 g/mol. The van der Waals surface area contributed by atoms with Gasteiger partial charge in [0.1, 0.15) is 0 Å². The molecule has 0 aromatic rings. The van der Waals surface area contributed by atoms with Crippen molar-refractivity contribution >= 4 is 0 Å². The number of ether oxygens (including phenoxy) is 1. The van der Waals surface area contributed by atoms with Gasteiger partial charge in [0.05, 0.1) is 19.2 Å². The summed E-state index contributed by atoms with van der Waals surface area (Å²) in [5, 5.41) is 0. The van der Waals surface area contributed by atoms with Crippen molar-refractivity contribution in [1.29, 1.82) is 0 Å². The number of halogens is 10. The topological polar surface area (TPSA) is 12.5 Å². The molecule has 1 aliphatic heterocycles. The lowest BCUT2D eigenvalue weighted by atomic mass is 10.2. The molecule has 0 spiro atoms. The molecule has 124 valence electrons. The van der Waals surface area contributed by atoms with Crippen molar-refractivity contribution in [2.75, 3.05) is 13.1 Å². The summed E-state index contributed by atoms with van der Waals surface area (Å²) in [7, 11) is 0. The predicted octanol–water partition coefficient (Wildman–Crippen LogP) is 3.55. The Morgan fingerprint density at radius 2 is 1.24 bits per heavy atom. The zero-order valence-electron chi connectivity index (χ0n) is 9.78. The molecule has 0 aromatic carbocycles. The van der Waals surface area contributed by atoms with Crippen LogP contribution in [0.25, 0.3) is 0 Å². The van der Waals surface area contributed by atoms with Gasteiger partial charge in [-0.25, -0.2) is 0 Å². The molecule has 1 rings (SSSR count). The average molecular weight is 335 g/mol. The predicted molar refractivity (Wildman–Crippen MR) is 47.6 cm³/mol. The highest BCUT2D eigenvalue weighted by atomic mass is 19.4. The van der Waals surface area contributed by atoms with Crippen LogP contribution in [0.3, 0.4) is 0 Å². The van der Waals surface area contributed by atoms with Crippen LogP contribution in [0.15, 0.2) is 12.0 Å². The summed E-state index contributed by atoms with van der Waals surface area (Å²) >= 11 is 0. The number of morpholine rings is 1. The number of alkyl halides is 9. The van der Waals surface area contributed by atoms with Gasteiger partial charge in [0.15, 0.2) is 18.2 Å². The molecule has 0 amide bonds. The van der Waals surface area contributed by atoms with E-state index < -0.39 is 55.9 Å². The van der Waals surface area contributed by atoms with Crippen LogP contribution >= 0.6 is 0 Å². The largest absolute Gasteiger partial charge is 0.416 e. The van der Waals surface area contributed by atoms with Gasteiger partial charge in [-0.2, -0.15) is 43.9 Å². The molecule has 0 N–H and O–H groups in total. The number of rotatable bonds is 1. The van der Waals surface area contributed by atoms with E-state index in [1.54, 1.807) is 0 Å². The third-order valence-corrected chi connectivity index (χ3v) is 2.42. The molecule has 2 unspecified atom stereocenters. The van der Waals surface area contributed by atoms with Gasteiger partial charge in [0.2, 0.25) is 0 Å². The van der Waals surface area contributed by atoms with Gasteiger partial charge in [0.25, 0.3) is 0 Å². The second-order valence-electron chi connectivity index (χ2n) is 4.11. The van der Waals surface area contributed by atoms with E-state index >= 15 is 0 Å². The maximum atomic E-state index is 13.2. The zero-order valence-corrected chi connectivity index (χ0v) is 9.78. The summed E-state index contributed by atoms with van der Waals surface area (Å²) in [6.07, 6.45) is -22.9. The first-order chi connectivity index (χ1) is 9.20. The Balaban J connectivity index is 3.02. The molecule has 2 atom stereocenters. The van der Waals surface area contributed by atoms with E-state index in [1.165, 1.54) is 0 Å². The van der Waals surface area contributed by atoms with Gasteiger partial charge >= 0.3 is 18.5 Å². The number of hydrogen-bond acceptors (Lipinski definition) is 2. The summed E-state index contributed by atoms with van der Waals surface area (Å²) in [5.74, 6) is -2.24. The Morgan fingerprint density at radius 1 is 0.857 bits per heavy atom. The Bertz CT molecular complexity index is 373. The minimum atomic E-state index is -5.28. The Hall–Kier alpha value is -1.20. The smallest absolute Gasteiger partial charge is 0.352 e. The Labute approximate surface area is 110 Å². The fraction of sp³-hybridized carbons (Fsp3) is 0.778. The highest BCUT2D eigenvalue weighted by Gasteiger charge is 2.53. The van der Waals surface area contributed by atoms with Crippen molar-refractivity contribution in [3.05, 3.63) is 12.0 Å². The van der Waals surface area contributed by atoms with Gasteiger partial charge in [0, 0.05) is 0 Å². The summed E-state index contributed by atoms with van der Waals surface area (Å²) in [4.78, 5) is -0.298. The Kier molecular flexibility index (Phi) is 4.71. The molecule has 1 fully saturated rings. The molecule has 0 bridgehead atoms. The highest BCUT2D eigenvalue weighted by molar-refractivity contribution is 5.00.